The second kappa shape index (κ2) is 9.40. The molecule has 0 aliphatic rings. The molecule has 0 aliphatic heterocycles. The van der Waals surface area contributed by atoms with Crippen molar-refractivity contribution in [3.8, 4) is 0 Å². The molecule has 2 amide bonds. The molecule has 1 heterocycles. The van der Waals surface area contributed by atoms with Gasteiger partial charge in [0.1, 0.15) is 6.04 Å². The lowest BCUT2D eigenvalue weighted by molar-refractivity contribution is -0.139. The number of aromatic amines is 1. The highest BCUT2D eigenvalue weighted by molar-refractivity contribution is 6.09. The number of carboxylic acids is 1. The van der Waals surface area contributed by atoms with E-state index in [1.165, 1.54) is 0 Å². The maximum absolute atomic E-state index is 13.0. The second-order valence-electron chi connectivity index (χ2n) is 7.79. The smallest absolute Gasteiger partial charge is 0.326 e. The van der Waals surface area contributed by atoms with E-state index in [0.29, 0.717) is 11.3 Å². The van der Waals surface area contributed by atoms with E-state index in [4.69, 9.17) is 0 Å². The molecule has 3 aromatic carbocycles. The highest BCUT2D eigenvalue weighted by Gasteiger charge is 2.24. The molecule has 0 saturated carbocycles. The Bertz CT molecular complexity index is 1320. The van der Waals surface area contributed by atoms with Crippen LogP contribution in [0.4, 0.5) is 5.69 Å². The number of aliphatic carboxylic acids is 1. The number of para-hydroxylation sites is 2. The number of hydrogen-bond acceptors (Lipinski definition) is 3. The van der Waals surface area contributed by atoms with Gasteiger partial charge in [-0.1, -0.05) is 48.0 Å². The van der Waals surface area contributed by atoms with E-state index in [1.807, 2.05) is 43.3 Å². The van der Waals surface area contributed by atoms with Gasteiger partial charge in [0.25, 0.3) is 11.8 Å². The lowest BCUT2D eigenvalue weighted by Crippen LogP contribution is -2.42. The maximum Gasteiger partial charge on any atom is 0.326 e. The number of hydrogen-bond donors (Lipinski definition) is 4. The van der Waals surface area contributed by atoms with E-state index in [1.54, 1.807) is 42.6 Å². The van der Waals surface area contributed by atoms with Gasteiger partial charge in [0.15, 0.2) is 0 Å². The van der Waals surface area contributed by atoms with Crippen LogP contribution in [0.15, 0.2) is 79.0 Å². The van der Waals surface area contributed by atoms with Crippen LogP contribution < -0.4 is 10.6 Å². The summed E-state index contributed by atoms with van der Waals surface area (Å²) in [6, 6.07) is 20.0. The molecule has 4 N–H and O–H groups in total. The highest BCUT2D eigenvalue weighted by Crippen LogP contribution is 2.20. The number of carbonyl (C=O) groups excluding carboxylic acids is 2. The standard InChI is InChI=1S/C26H23N3O4/c1-16-10-12-17(13-11-16)24(30)28-22-9-5-3-7-20(22)25(31)29-23(26(32)33)14-18-15-27-21-8-4-2-6-19(18)21/h2-13,15,23,27H,14H2,1H3,(H,28,30)(H,29,31)(H,32,33)/t23-/m0/s1. The molecule has 0 radical (unpaired) electrons. The molecule has 7 heteroatoms. The molecule has 1 atom stereocenters. The quantitative estimate of drug-likeness (QED) is 0.345. The molecule has 0 aliphatic carbocycles. The van der Waals surface area contributed by atoms with Crippen LogP contribution in [0.5, 0.6) is 0 Å². The van der Waals surface area contributed by atoms with Gasteiger partial charge in [0.05, 0.1) is 11.3 Å². The Morgan fingerprint density at radius 1 is 0.909 bits per heavy atom. The van der Waals surface area contributed by atoms with Crippen molar-refractivity contribution in [3.05, 3.63) is 101 Å². The summed E-state index contributed by atoms with van der Waals surface area (Å²) in [6.45, 7) is 1.93. The van der Waals surface area contributed by atoms with Crippen LogP contribution in [0.1, 0.15) is 31.8 Å². The summed E-state index contributed by atoms with van der Waals surface area (Å²) in [5, 5.41) is 16.0. The minimum absolute atomic E-state index is 0.114. The zero-order chi connectivity index (χ0) is 23.4. The predicted octanol–water partition coefficient (Wildman–Crippen LogP) is 4.15. The van der Waals surface area contributed by atoms with Crippen LogP contribution in [-0.2, 0) is 11.2 Å². The molecule has 33 heavy (non-hydrogen) atoms. The lowest BCUT2D eigenvalue weighted by atomic mass is 10.0. The molecular weight excluding hydrogens is 418 g/mol. The van der Waals surface area contributed by atoms with Crippen molar-refractivity contribution in [1.82, 2.24) is 10.3 Å². The summed E-state index contributed by atoms with van der Waals surface area (Å²) in [4.78, 5) is 40.7. The van der Waals surface area contributed by atoms with Gasteiger partial charge in [-0.05, 0) is 42.8 Å². The van der Waals surface area contributed by atoms with E-state index in [0.717, 1.165) is 22.0 Å². The maximum atomic E-state index is 13.0. The number of rotatable bonds is 7. The van der Waals surface area contributed by atoms with E-state index < -0.39 is 17.9 Å². The fraction of sp³-hybridized carbons (Fsp3) is 0.115. The monoisotopic (exact) mass is 441 g/mol. The molecule has 0 bridgehead atoms. The number of nitrogens with one attached hydrogen (secondary N) is 3. The summed E-state index contributed by atoms with van der Waals surface area (Å²) >= 11 is 0. The van der Waals surface area contributed by atoms with Crippen LogP contribution in [0.3, 0.4) is 0 Å². The number of aromatic nitrogens is 1. The number of anilines is 1. The predicted molar refractivity (Wildman–Crippen MR) is 126 cm³/mol. The van der Waals surface area contributed by atoms with E-state index in [9.17, 15) is 19.5 Å². The minimum Gasteiger partial charge on any atom is -0.480 e. The van der Waals surface area contributed by atoms with Crippen molar-refractivity contribution in [2.24, 2.45) is 0 Å². The lowest BCUT2D eigenvalue weighted by Gasteiger charge is -2.16. The third kappa shape index (κ3) is 4.93. The van der Waals surface area contributed by atoms with Crippen molar-refractivity contribution >= 4 is 34.4 Å². The van der Waals surface area contributed by atoms with Gasteiger partial charge in [-0.15, -0.1) is 0 Å². The fourth-order valence-corrected chi connectivity index (χ4v) is 3.65. The Balaban J connectivity index is 1.52. The Morgan fingerprint density at radius 2 is 1.61 bits per heavy atom. The molecule has 0 fully saturated rings. The number of fused-ring (bicyclic) bond motifs is 1. The molecule has 166 valence electrons. The fourth-order valence-electron chi connectivity index (χ4n) is 3.65. The second-order valence-corrected chi connectivity index (χ2v) is 7.79. The number of H-pyrrole nitrogens is 1. The van der Waals surface area contributed by atoms with Gasteiger partial charge in [-0.3, -0.25) is 9.59 Å². The normalized spacial score (nSPS) is 11.7. The summed E-state index contributed by atoms with van der Waals surface area (Å²) in [6.07, 6.45) is 1.87. The summed E-state index contributed by atoms with van der Waals surface area (Å²) in [5.41, 5.74) is 3.66. The molecular formula is C26H23N3O4. The van der Waals surface area contributed by atoms with Gasteiger partial charge in [0.2, 0.25) is 0 Å². The zero-order valence-corrected chi connectivity index (χ0v) is 18.0. The first-order valence-corrected chi connectivity index (χ1v) is 10.5. The van der Waals surface area contributed by atoms with Crippen LogP contribution >= 0.6 is 0 Å². The van der Waals surface area contributed by atoms with Crippen LogP contribution in [-0.4, -0.2) is 33.9 Å². The Morgan fingerprint density at radius 3 is 2.36 bits per heavy atom. The minimum atomic E-state index is -1.14. The SMILES string of the molecule is Cc1ccc(C(=O)Nc2ccccc2C(=O)N[C@@H](Cc2c[nH]c3ccccc23)C(=O)O)cc1. The molecule has 0 saturated heterocycles. The van der Waals surface area contributed by atoms with Crippen molar-refractivity contribution in [1.29, 1.82) is 0 Å². The van der Waals surface area contributed by atoms with Gasteiger partial charge in [-0.25, -0.2) is 4.79 Å². The van der Waals surface area contributed by atoms with Crippen molar-refractivity contribution in [2.75, 3.05) is 5.32 Å². The summed E-state index contributed by atoms with van der Waals surface area (Å²) in [7, 11) is 0. The summed E-state index contributed by atoms with van der Waals surface area (Å²) < 4.78 is 0. The molecule has 1 aromatic heterocycles. The van der Waals surface area contributed by atoms with E-state index in [2.05, 4.69) is 15.6 Å². The Kier molecular flexibility index (Phi) is 6.22. The number of aryl methyl sites for hydroxylation is 1. The highest BCUT2D eigenvalue weighted by atomic mass is 16.4. The molecule has 0 spiro atoms. The topological polar surface area (TPSA) is 111 Å². The van der Waals surface area contributed by atoms with Crippen molar-refractivity contribution < 1.29 is 19.5 Å². The van der Waals surface area contributed by atoms with Gasteiger partial charge < -0.3 is 20.7 Å². The largest absolute Gasteiger partial charge is 0.480 e. The van der Waals surface area contributed by atoms with Gasteiger partial charge >= 0.3 is 5.97 Å². The summed E-state index contributed by atoms with van der Waals surface area (Å²) in [5.74, 6) is -2.08. The van der Waals surface area contributed by atoms with Crippen LogP contribution in [0, 0.1) is 6.92 Å². The van der Waals surface area contributed by atoms with Crippen molar-refractivity contribution in [2.45, 2.75) is 19.4 Å². The number of benzene rings is 3. The average Bonchev–Trinajstić information content (AvgIpc) is 3.22. The third-order valence-electron chi connectivity index (χ3n) is 5.44. The van der Waals surface area contributed by atoms with Crippen LogP contribution in [0.25, 0.3) is 10.9 Å². The van der Waals surface area contributed by atoms with Gasteiger partial charge in [-0.2, -0.15) is 0 Å². The Labute approximate surface area is 190 Å². The average molecular weight is 441 g/mol. The molecule has 7 nitrogen and oxygen atoms in total. The first-order valence-electron chi connectivity index (χ1n) is 10.5. The molecule has 0 unspecified atom stereocenters. The zero-order valence-electron chi connectivity index (χ0n) is 18.0. The number of carboxylic acid groups (broad SMARTS) is 1. The number of amides is 2. The van der Waals surface area contributed by atoms with Gasteiger partial charge in [0, 0.05) is 29.1 Å². The first-order chi connectivity index (χ1) is 15.9. The van der Waals surface area contributed by atoms with E-state index in [-0.39, 0.29) is 17.9 Å². The first kappa shape index (κ1) is 21.8. The third-order valence-corrected chi connectivity index (χ3v) is 5.44. The van der Waals surface area contributed by atoms with Crippen LogP contribution in [0.2, 0.25) is 0 Å². The van der Waals surface area contributed by atoms with Crippen molar-refractivity contribution in [3.63, 3.8) is 0 Å². The molecule has 4 aromatic rings. The molecule has 4 rings (SSSR count). The van der Waals surface area contributed by atoms with E-state index >= 15 is 0 Å². The Hall–Kier alpha value is -4.39. The number of carbonyl (C=O) groups is 3.